The maximum Gasteiger partial charge on any atom is 0.270 e. The summed E-state index contributed by atoms with van der Waals surface area (Å²) in [5.74, 6) is 0.291. The summed E-state index contributed by atoms with van der Waals surface area (Å²) in [6.45, 7) is 3.53. The van der Waals surface area contributed by atoms with E-state index in [0.717, 1.165) is 11.1 Å². The fraction of sp³-hybridized carbons (Fsp3) is 0.143. The van der Waals surface area contributed by atoms with E-state index in [2.05, 4.69) is 5.32 Å². The summed E-state index contributed by atoms with van der Waals surface area (Å²) in [6, 6.07) is 14.8. The number of nitro benzene ring substituents is 1. The normalized spacial score (nSPS) is 10.2. The van der Waals surface area contributed by atoms with Crippen LogP contribution in [0.4, 0.5) is 11.6 Å². The number of rotatable bonds is 6. The fourth-order valence-corrected chi connectivity index (χ4v) is 2.65. The minimum Gasteiger partial charge on any atom is -0.483 e. The van der Waals surface area contributed by atoms with Crippen LogP contribution in [0, 0.1) is 35.3 Å². The van der Waals surface area contributed by atoms with Crippen LogP contribution in [0.15, 0.2) is 52.9 Å². The second-order valence-electron chi connectivity index (χ2n) is 6.38. The summed E-state index contributed by atoms with van der Waals surface area (Å²) in [5, 5.41) is 22.8. The zero-order chi connectivity index (χ0) is 21.0. The largest absolute Gasteiger partial charge is 0.483 e. The molecule has 1 amide bonds. The zero-order valence-electron chi connectivity index (χ0n) is 15.8. The number of carbonyl (C=O) groups excluding carboxylic acids is 1. The average molecular weight is 391 g/mol. The van der Waals surface area contributed by atoms with E-state index >= 15 is 0 Å². The fourth-order valence-electron chi connectivity index (χ4n) is 2.65. The highest BCUT2D eigenvalue weighted by Crippen LogP contribution is 2.30. The van der Waals surface area contributed by atoms with Gasteiger partial charge in [0.1, 0.15) is 23.1 Å². The minimum absolute atomic E-state index is 0.0384. The average Bonchev–Trinajstić information content (AvgIpc) is 3.11. The highest BCUT2D eigenvalue weighted by atomic mass is 16.6. The lowest BCUT2D eigenvalue weighted by atomic mass is 10.1. The number of anilines is 1. The molecule has 2 aromatic carbocycles. The third-order valence-electron chi connectivity index (χ3n) is 4.15. The van der Waals surface area contributed by atoms with Crippen LogP contribution in [0.25, 0.3) is 11.3 Å². The van der Waals surface area contributed by atoms with Gasteiger partial charge in [-0.1, -0.05) is 24.3 Å². The van der Waals surface area contributed by atoms with Crippen LogP contribution >= 0.6 is 0 Å². The Morgan fingerprint density at radius 1 is 1.24 bits per heavy atom. The molecule has 0 saturated carbocycles. The molecule has 1 N–H and O–H groups in total. The third-order valence-corrected chi connectivity index (χ3v) is 4.15. The molecule has 0 aliphatic heterocycles. The molecule has 0 spiro atoms. The monoisotopic (exact) mass is 391 g/mol. The van der Waals surface area contributed by atoms with Crippen molar-refractivity contribution in [3.05, 3.63) is 75.3 Å². The van der Waals surface area contributed by atoms with Crippen LogP contribution in [0.5, 0.6) is 5.75 Å². The Bertz CT molecular complexity index is 1130. The van der Waals surface area contributed by atoms with Crippen molar-refractivity contribution in [1.29, 1.82) is 5.26 Å². The molecule has 0 aliphatic carbocycles. The van der Waals surface area contributed by atoms with Crippen LogP contribution in [-0.4, -0.2) is 17.4 Å². The Morgan fingerprint density at radius 3 is 2.76 bits per heavy atom. The molecule has 0 saturated heterocycles. The van der Waals surface area contributed by atoms with Crippen molar-refractivity contribution in [1.82, 2.24) is 0 Å². The lowest BCUT2D eigenvalue weighted by molar-refractivity contribution is -0.384. The van der Waals surface area contributed by atoms with Crippen molar-refractivity contribution in [3.63, 3.8) is 0 Å². The van der Waals surface area contributed by atoms with Crippen molar-refractivity contribution in [2.24, 2.45) is 0 Å². The molecule has 146 valence electrons. The molecule has 3 aromatic rings. The van der Waals surface area contributed by atoms with Gasteiger partial charge in [-0.05, 0) is 31.0 Å². The molecule has 1 heterocycles. The van der Waals surface area contributed by atoms with Crippen LogP contribution in [0.3, 0.4) is 0 Å². The number of non-ortho nitro benzene ring substituents is 1. The molecule has 29 heavy (non-hydrogen) atoms. The Hall–Kier alpha value is -4.12. The predicted octanol–water partition coefficient (Wildman–Crippen LogP) is 4.36. The molecule has 8 nitrogen and oxygen atoms in total. The molecule has 0 radical (unpaired) electrons. The van der Waals surface area contributed by atoms with Crippen molar-refractivity contribution < 1.29 is 18.9 Å². The first-order valence-corrected chi connectivity index (χ1v) is 8.66. The highest BCUT2D eigenvalue weighted by Gasteiger charge is 2.17. The lowest BCUT2D eigenvalue weighted by Gasteiger charge is -2.09. The Labute approximate surface area is 166 Å². The van der Waals surface area contributed by atoms with Gasteiger partial charge in [-0.25, -0.2) is 0 Å². The number of nitriles is 1. The number of hydrogen-bond acceptors (Lipinski definition) is 6. The van der Waals surface area contributed by atoms with Gasteiger partial charge < -0.3 is 9.15 Å². The number of nitro groups is 1. The second-order valence-corrected chi connectivity index (χ2v) is 6.38. The number of amides is 1. The zero-order valence-corrected chi connectivity index (χ0v) is 15.8. The van der Waals surface area contributed by atoms with E-state index in [4.69, 9.17) is 9.15 Å². The maximum atomic E-state index is 12.2. The molecule has 0 bridgehead atoms. The topological polar surface area (TPSA) is 118 Å². The van der Waals surface area contributed by atoms with Gasteiger partial charge in [-0.2, -0.15) is 5.26 Å². The number of nitrogens with one attached hydrogen (secondary N) is 1. The Balaban J connectivity index is 1.75. The van der Waals surface area contributed by atoms with Gasteiger partial charge in [0.25, 0.3) is 11.6 Å². The molecular formula is C21H17N3O5. The van der Waals surface area contributed by atoms with Gasteiger partial charge in [0.2, 0.25) is 5.88 Å². The number of nitrogens with zero attached hydrogens (tertiary/aromatic N) is 2. The van der Waals surface area contributed by atoms with Gasteiger partial charge >= 0.3 is 0 Å². The number of carbonyl (C=O) groups is 1. The smallest absolute Gasteiger partial charge is 0.270 e. The summed E-state index contributed by atoms with van der Waals surface area (Å²) in [5.41, 5.74) is 2.32. The molecule has 0 atom stereocenters. The van der Waals surface area contributed by atoms with E-state index in [1.165, 1.54) is 24.3 Å². The molecular weight excluding hydrogens is 374 g/mol. The summed E-state index contributed by atoms with van der Waals surface area (Å²) < 4.78 is 11.1. The maximum absolute atomic E-state index is 12.2. The Kier molecular flexibility index (Phi) is 5.60. The van der Waals surface area contributed by atoms with Crippen LogP contribution < -0.4 is 10.1 Å². The minimum atomic E-state index is -0.523. The van der Waals surface area contributed by atoms with Crippen molar-refractivity contribution in [3.8, 4) is 23.1 Å². The first kappa shape index (κ1) is 19.6. The van der Waals surface area contributed by atoms with E-state index in [1.54, 1.807) is 6.07 Å². The van der Waals surface area contributed by atoms with E-state index in [9.17, 15) is 20.2 Å². The number of hydrogen-bond donors (Lipinski definition) is 1. The summed E-state index contributed by atoms with van der Waals surface area (Å²) in [7, 11) is 0. The Morgan fingerprint density at radius 2 is 2.03 bits per heavy atom. The van der Waals surface area contributed by atoms with Crippen LogP contribution in [-0.2, 0) is 4.79 Å². The van der Waals surface area contributed by atoms with Crippen molar-refractivity contribution >= 4 is 17.5 Å². The van der Waals surface area contributed by atoms with E-state index in [-0.39, 0.29) is 29.5 Å². The first-order chi connectivity index (χ1) is 13.9. The van der Waals surface area contributed by atoms with Gasteiger partial charge in [-0.3, -0.25) is 20.2 Å². The number of ether oxygens (including phenoxy) is 1. The van der Waals surface area contributed by atoms with E-state index < -0.39 is 10.8 Å². The number of furan rings is 1. The lowest BCUT2D eigenvalue weighted by Crippen LogP contribution is -2.20. The molecule has 0 aliphatic rings. The van der Waals surface area contributed by atoms with Crippen molar-refractivity contribution in [2.45, 2.75) is 13.8 Å². The second kappa shape index (κ2) is 8.27. The number of aryl methyl sites for hydroxylation is 2. The number of benzene rings is 2. The first-order valence-electron chi connectivity index (χ1n) is 8.66. The molecule has 3 rings (SSSR count). The van der Waals surface area contributed by atoms with E-state index in [1.807, 2.05) is 38.1 Å². The quantitative estimate of drug-likeness (QED) is 0.492. The van der Waals surface area contributed by atoms with E-state index in [0.29, 0.717) is 11.3 Å². The molecule has 0 unspecified atom stereocenters. The summed E-state index contributed by atoms with van der Waals surface area (Å²) >= 11 is 0. The summed E-state index contributed by atoms with van der Waals surface area (Å²) in [4.78, 5) is 22.7. The van der Waals surface area contributed by atoms with Crippen molar-refractivity contribution in [2.75, 3.05) is 11.9 Å². The van der Waals surface area contributed by atoms with Gasteiger partial charge in [-0.15, -0.1) is 0 Å². The van der Waals surface area contributed by atoms with Crippen LogP contribution in [0.1, 0.15) is 16.7 Å². The van der Waals surface area contributed by atoms with Gasteiger partial charge in [0, 0.05) is 23.8 Å². The summed E-state index contributed by atoms with van der Waals surface area (Å²) in [6.07, 6.45) is 0. The molecule has 1 aromatic heterocycles. The SMILES string of the molecule is Cc1ccc(C)c(OCC(=O)Nc2oc(-c3cccc([N+](=O)[O-])c3)cc2C#N)c1. The molecule has 0 fully saturated rings. The van der Waals surface area contributed by atoms with Crippen LogP contribution in [0.2, 0.25) is 0 Å². The molecule has 8 heteroatoms. The standard InChI is InChI=1S/C21H17N3O5/c1-13-6-7-14(2)18(8-13)28-12-20(25)23-21-16(11-22)10-19(29-21)15-4-3-5-17(9-15)24(26)27/h3-10H,12H2,1-2H3,(H,23,25). The highest BCUT2D eigenvalue weighted by molar-refractivity contribution is 5.92. The van der Waals surface area contributed by atoms with Gasteiger partial charge in [0.05, 0.1) is 4.92 Å². The predicted molar refractivity (Wildman–Crippen MR) is 106 cm³/mol. The van der Waals surface area contributed by atoms with Gasteiger partial charge in [0.15, 0.2) is 6.61 Å². The third kappa shape index (κ3) is 4.59.